The van der Waals surface area contributed by atoms with Gasteiger partial charge in [0.2, 0.25) is 0 Å². The quantitative estimate of drug-likeness (QED) is 0.465. The monoisotopic (exact) mass is 208 g/mol. The Morgan fingerprint density at radius 3 is 2.23 bits per heavy atom. The summed E-state index contributed by atoms with van der Waals surface area (Å²) in [7, 11) is 4.07. The molecule has 5 heteroatoms. The van der Waals surface area contributed by atoms with Gasteiger partial charge in [-0.1, -0.05) is 13.8 Å². The first-order valence-electron chi connectivity index (χ1n) is 4.06. The molecule has 4 nitrogen and oxygen atoms in total. The second-order valence-corrected chi connectivity index (χ2v) is 4.17. The molecule has 0 rings (SSSR count). The fourth-order valence-corrected chi connectivity index (χ4v) is 1.25. The molecule has 0 aliphatic carbocycles. The van der Waals surface area contributed by atoms with E-state index < -0.39 is 0 Å². The van der Waals surface area contributed by atoms with Gasteiger partial charge in [0, 0.05) is 13.1 Å². The minimum Gasteiger partial charge on any atom is -0.370 e. The SMILES string of the molecule is CN(C)CC(C)(C)CNC(=N)N.Cl. The molecule has 0 radical (unpaired) electrons. The average Bonchev–Trinajstić information content (AvgIpc) is 1.81. The Morgan fingerprint density at radius 1 is 1.46 bits per heavy atom. The lowest BCUT2D eigenvalue weighted by atomic mass is 9.93. The molecule has 0 aromatic carbocycles. The van der Waals surface area contributed by atoms with E-state index in [-0.39, 0.29) is 23.8 Å². The van der Waals surface area contributed by atoms with Gasteiger partial charge in [-0.05, 0) is 19.5 Å². The number of nitrogens with one attached hydrogen (secondary N) is 2. The first-order chi connectivity index (χ1) is 5.33. The van der Waals surface area contributed by atoms with Crippen LogP contribution in [0.5, 0.6) is 0 Å². The molecule has 0 aliphatic heterocycles. The zero-order valence-corrected chi connectivity index (χ0v) is 9.66. The Balaban J connectivity index is 0. The summed E-state index contributed by atoms with van der Waals surface area (Å²) in [5.74, 6) is 0.0434. The van der Waals surface area contributed by atoms with Crippen molar-refractivity contribution in [3.05, 3.63) is 0 Å². The summed E-state index contributed by atoms with van der Waals surface area (Å²) in [4.78, 5) is 2.13. The maximum absolute atomic E-state index is 7.01. The number of rotatable bonds is 4. The Kier molecular flexibility index (Phi) is 6.98. The average molecular weight is 209 g/mol. The van der Waals surface area contributed by atoms with Crippen LogP contribution in [0.25, 0.3) is 0 Å². The van der Waals surface area contributed by atoms with Crippen LogP contribution in [-0.2, 0) is 0 Å². The fraction of sp³-hybridized carbons (Fsp3) is 0.875. The molecule has 13 heavy (non-hydrogen) atoms. The van der Waals surface area contributed by atoms with Gasteiger partial charge >= 0.3 is 0 Å². The summed E-state index contributed by atoms with van der Waals surface area (Å²) in [5, 5.41) is 9.84. The van der Waals surface area contributed by atoms with Crippen LogP contribution < -0.4 is 11.1 Å². The van der Waals surface area contributed by atoms with Crippen molar-refractivity contribution < 1.29 is 0 Å². The van der Waals surface area contributed by atoms with Crippen LogP contribution in [0.4, 0.5) is 0 Å². The van der Waals surface area contributed by atoms with E-state index in [4.69, 9.17) is 11.1 Å². The van der Waals surface area contributed by atoms with Gasteiger partial charge in [0.15, 0.2) is 5.96 Å². The molecule has 0 aliphatic rings. The molecule has 0 bridgehead atoms. The summed E-state index contributed by atoms with van der Waals surface area (Å²) < 4.78 is 0. The van der Waals surface area contributed by atoms with Crippen LogP contribution in [0.2, 0.25) is 0 Å². The second kappa shape index (κ2) is 6.05. The zero-order valence-electron chi connectivity index (χ0n) is 8.85. The summed E-state index contributed by atoms with van der Waals surface area (Å²) in [6, 6.07) is 0. The van der Waals surface area contributed by atoms with Gasteiger partial charge in [0.1, 0.15) is 0 Å². The van der Waals surface area contributed by atoms with Crippen molar-refractivity contribution in [2.24, 2.45) is 11.1 Å². The second-order valence-electron chi connectivity index (χ2n) is 4.17. The molecule has 0 atom stereocenters. The molecule has 0 saturated carbocycles. The highest BCUT2D eigenvalue weighted by Crippen LogP contribution is 2.13. The number of nitrogens with two attached hydrogens (primary N) is 1. The van der Waals surface area contributed by atoms with Gasteiger partial charge in [-0.15, -0.1) is 12.4 Å². The van der Waals surface area contributed by atoms with Crippen molar-refractivity contribution in [1.82, 2.24) is 10.2 Å². The maximum atomic E-state index is 7.01. The van der Waals surface area contributed by atoms with Crippen LogP contribution in [0.3, 0.4) is 0 Å². The van der Waals surface area contributed by atoms with Crippen molar-refractivity contribution in [2.75, 3.05) is 27.2 Å². The summed E-state index contributed by atoms with van der Waals surface area (Å²) in [5.41, 5.74) is 5.34. The van der Waals surface area contributed by atoms with Crippen molar-refractivity contribution in [3.63, 3.8) is 0 Å². The number of hydrogen-bond donors (Lipinski definition) is 3. The van der Waals surface area contributed by atoms with E-state index in [1.807, 2.05) is 14.1 Å². The lowest BCUT2D eigenvalue weighted by molar-refractivity contribution is 0.241. The third-order valence-corrected chi connectivity index (χ3v) is 1.50. The lowest BCUT2D eigenvalue weighted by Gasteiger charge is -2.28. The molecule has 0 heterocycles. The normalized spacial score (nSPS) is 10.8. The summed E-state index contributed by atoms with van der Waals surface area (Å²) in [6.45, 7) is 6.00. The minimum absolute atomic E-state index is 0. The highest BCUT2D eigenvalue weighted by atomic mass is 35.5. The molecule has 4 N–H and O–H groups in total. The van der Waals surface area contributed by atoms with Crippen LogP contribution in [0.1, 0.15) is 13.8 Å². The lowest BCUT2D eigenvalue weighted by Crippen LogP contribution is -2.42. The van der Waals surface area contributed by atoms with Gasteiger partial charge in [-0.2, -0.15) is 0 Å². The molecule has 0 unspecified atom stereocenters. The van der Waals surface area contributed by atoms with Gasteiger partial charge < -0.3 is 16.0 Å². The first-order valence-corrected chi connectivity index (χ1v) is 4.06. The Bertz CT molecular complexity index is 156. The minimum atomic E-state index is 0. The van der Waals surface area contributed by atoms with Gasteiger partial charge in [-0.3, -0.25) is 5.41 Å². The first kappa shape index (κ1) is 15.0. The summed E-state index contributed by atoms with van der Waals surface area (Å²) >= 11 is 0. The van der Waals surface area contributed by atoms with E-state index in [1.165, 1.54) is 0 Å². The fourth-order valence-electron chi connectivity index (χ4n) is 1.25. The zero-order chi connectivity index (χ0) is 9.78. The molecular weight excluding hydrogens is 188 g/mol. The third-order valence-electron chi connectivity index (χ3n) is 1.50. The highest BCUT2D eigenvalue weighted by molar-refractivity contribution is 5.85. The molecule has 0 saturated heterocycles. The number of hydrogen-bond acceptors (Lipinski definition) is 2. The van der Waals surface area contributed by atoms with Crippen molar-refractivity contribution >= 4 is 18.4 Å². The van der Waals surface area contributed by atoms with Gasteiger partial charge in [-0.25, -0.2) is 0 Å². The van der Waals surface area contributed by atoms with Gasteiger partial charge in [0.25, 0.3) is 0 Å². The van der Waals surface area contributed by atoms with Crippen LogP contribution in [-0.4, -0.2) is 38.0 Å². The van der Waals surface area contributed by atoms with Crippen molar-refractivity contribution in [3.8, 4) is 0 Å². The van der Waals surface area contributed by atoms with Crippen molar-refractivity contribution in [2.45, 2.75) is 13.8 Å². The largest absolute Gasteiger partial charge is 0.370 e. The Morgan fingerprint density at radius 2 is 1.92 bits per heavy atom. The van der Waals surface area contributed by atoms with Crippen LogP contribution in [0, 0.1) is 10.8 Å². The molecule has 0 spiro atoms. The van der Waals surface area contributed by atoms with E-state index in [2.05, 4.69) is 24.1 Å². The molecule has 0 aromatic heterocycles. The maximum Gasteiger partial charge on any atom is 0.185 e. The van der Waals surface area contributed by atoms with Crippen LogP contribution >= 0.6 is 12.4 Å². The number of guanidine groups is 1. The predicted molar refractivity (Wildman–Crippen MR) is 59.5 cm³/mol. The van der Waals surface area contributed by atoms with E-state index in [0.717, 1.165) is 13.1 Å². The molecule has 0 fully saturated rings. The third kappa shape index (κ3) is 9.43. The molecule has 80 valence electrons. The summed E-state index contributed by atoms with van der Waals surface area (Å²) in [6.07, 6.45) is 0. The molecular formula is C8H21ClN4. The number of nitrogens with zero attached hydrogens (tertiary/aromatic N) is 1. The number of halogens is 1. The van der Waals surface area contributed by atoms with Crippen molar-refractivity contribution in [1.29, 1.82) is 5.41 Å². The standard InChI is InChI=1S/C8H20N4.ClH/c1-8(2,6-12(3)4)5-11-7(9)10;/h5-6H2,1-4H3,(H4,9,10,11);1H. The van der Waals surface area contributed by atoms with E-state index in [0.29, 0.717) is 0 Å². The molecule has 0 aromatic rings. The Hall–Kier alpha value is -0.480. The van der Waals surface area contributed by atoms with Crippen LogP contribution in [0.15, 0.2) is 0 Å². The smallest absolute Gasteiger partial charge is 0.185 e. The van der Waals surface area contributed by atoms with E-state index in [9.17, 15) is 0 Å². The van der Waals surface area contributed by atoms with E-state index in [1.54, 1.807) is 0 Å². The predicted octanol–water partition coefficient (Wildman–Crippen LogP) is 0.479. The van der Waals surface area contributed by atoms with Gasteiger partial charge in [0.05, 0.1) is 0 Å². The topological polar surface area (TPSA) is 65.1 Å². The highest BCUT2D eigenvalue weighted by Gasteiger charge is 2.18. The Labute approximate surface area is 86.8 Å². The molecule has 0 amide bonds. The van der Waals surface area contributed by atoms with E-state index >= 15 is 0 Å².